The Balaban J connectivity index is 1.89. The van der Waals surface area contributed by atoms with Crippen LogP contribution in [-0.2, 0) is 16.0 Å². The summed E-state index contributed by atoms with van der Waals surface area (Å²) in [5.74, 6) is 1.35. The maximum atomic E-state index is 12.2. The predicted molar refractivity (Wildman–Crippen MR) is 113 cm³/mol. The van der Waals surface area contributed by atoms with E-state index in [1.54, 1.807) is 7.11 Å². The predicted octanol–water partition coefficient (Wildman–Crippen LogP) is 3.98. The van der Waals surface area contributed by atoms with Crippen LogP contribution in [-0.4, -0.2) is 35.9 Å². The number of ether oxygens (including phenoxy) is 2. The van der Waals surface area contributed by atoms with Crippen molar-refractivity contribution in [1.29, 1.82) is 0 Å². The van der Waals surface area contributed by atoms with Crippen LogP contribution in [0.4, 0.5) is 0 Å². The molecule has 6 nitrogen and oxygen atoms in total. The first-order valence-electron chi connectivity index (χ1n) is 9.72. The van der Waals surface area contributed by atoms with E-state index in [2.05, 4.69) is 11.4 Å². The Hall–Kier alpha value is -3.12. The van der Waals surface area contributed by atoms with Gasteiger partial charge in [-0.3, -0.25) is 4.79 Å². The maximum Gasteiger partial charge on any atom is 0.226 e. The van der Waals surface area contributed by atoms with Crippen LogP contribution in [0, 0.1) is 13.8 Å². The molecule has 152 valence electrons. The van der Waals surface area contributed by atoms with Crippen molar-refractivity contribution in [2.45, 2.75) is 26.7 Å². The van der Waals surface area contributed by atoms with E-state index < -0.39 is 0 Å². The third kappa shape index (κ3) is 5.45. The second kappa shape index (κ2) is 9.89. The molecule has 3 aromatic rings. The highest BCUT2D eigenvalue weighted by Crippen LogP contribution is 2.31. The van der Waals surface area contributed by atoms with Crippen molar-refractivity contribution < 1.29 is 14.3 Å². The summed E-state index contributed by atoms with van der Waals surface area (Å²) in [5.41, 5.74) is 3.84. The molecule has 0 saturated carbocycles. The maximum absolute atomic E-state index is 12.2. The first kappa shape index (κ1) is 20.6. The molecule has 1 amide bonds. The molecule has 0 spiro atoms. The second-order valence-electron chi connectivity index (χ2n) is 6.88. The normalized spacial score (nSPS) is 10.7. The van der Waals surface area contributed by atoms with E-state index in [0.717, 1.165) is 28.3 Å². The van der Waals surface area contributed by atoms with E-state index in [1.165, 1.54) is 0 Å². The highest BCUT2D eigenvalue weighted by molar-refractivity contribution is 5.76. The molecule has 1 heterocycles. The fourth-order valence-corrected chi connectivity index (χ4v) is 3.09. The molecular formula is C23H27N3O3. The molecule has 6 heteroatoms. The van der Waals surface area contributed by atoms with Crippen LogP contribution in [0.15, 0.2) is 54.6 Å². The average molecular weight is 393 g/mol. The molecule has 0 saturated heterocycles. The van der Waals surface area contributed by atoms with Crippen molar-refractivity contribution in [1.82, 2.24) is 15.1 Å². The van der Waals surface area contributed by atoms with Crippen LogP contribution in [0.1, 0.15) is 23.2 Å². The highest BCUT2D eigenvalue weighted by Gasteiger charge is 2.20. The van der Waals surface area contributed by atoms with Gasteiger partial charge in [0.15, 0.2) is 0 Å². The lowest BCUT2D eigenvalue weighted by Gasteiger charge is -2.12. The lowest BCUT2D eigenvalue weighted by atomic mass is 10.1. The number of methoxy groups -OCH3 is 1. The zero-order chi connectivity index (χ0) is 20.6. The smallest absolute Gasteiger partial charge is 0.226 e. The molecule has 0 unspecified atom stereocenters. The molecule has 3 rings (SSSR count). The first-order valence-corrected chi connectivity index (χ1v) is 9.72. The lowest BCUT2D eigenvalue weighted by Crippen LogP contribution is -2.27. The van der Waals surface area contributed by atoms with Gasteiger partial charge in [0.1, 0.15) is 5.75 Å². The van der Waals surface area contributed by atoms with Gasteiger partial charge < -0.3 is 14.8 Å². The van der Waals surface area contributed by atoms with Gasteiger partial charge in [0, 0.05) is 25.6 Å². The third-order valence-electron chi connectivity index (χ3n) is 4.57. The Labute approximate surface area is 171 Å². The number of carbonyl (C=O) groups excluding carboxylic acids is 1. The number of hydrogen-bond acceptors (Lipinski definition) is 4. The van der Waals surface area contributed by atoms with Gasteiger partial charge in [0.25, 0.3) is 0 Å². The van der Waals surface area contributed by atoms with Crippen molar-refractivity contribution in [2.24, 2.45) is 0 Å². The monoisotopic (exact) mass is 393 g/mol. The Morgan fingerprint density at radius 2 is 1.90 bits per heavy atom. The average Bonchev–Trinajstić information content (AvgIpc) is 3.02. The fourth-order valence-electron chi connectivity index (χ4n) is 3.09. The van der Waals surface area contributed by atoms with Crippen molar-refractivity contribution in [2.75, 3.05) is 20.3 Å². The number of nitrogens with one attached hydrogen (secondary N) is 1. The quantitative estimate of drug-likeness (QED) is 0.559. The van der Waals surface area contributed by atoms with Crippen molar-refractivity contribution >= 4 is 5.91 Å². The lowest BCUT2D eigenvalue weighted by molar-refractivity contribution is -0.121. The van der Waals surface area contributed by atoms with Crippen LogP contribution in [0.3, 0.4) is 0 Å². The molecule has 1 N–H and O–H groups in total. The topological polar surface area (TPSA) is 65.4 Å². The van der Waals surface area contributed by atoms with Crippen LogP contribution >= 0.6 is 0 Å². The van der Waals surface area contributed by atoms with Crippen molar-refractivity contribution in [3.05, 3.63) is 71.4 Å². The molecule has 0 bridgehead atoms. The van der Waals surface area contributed by atoms with Crippen LogP contribution in [0.5, 0.6) is 11.6 Å². The standard InChI is InChI=1S/C23H27N3O3/c1-17-8-7-9-19(16-17)26-23(29-20-10-5-4-6-11-20)21(18(2)25-26)12-13-22(27)24-14-15-28-3/h4-11,16H,12-15H2,1-3H3,(H,24,27). The first-order chi connectivity index (χ1) is 14.1. The number of aryl methyl sites for hydroxylation is 2. The Bertz CT molecular complexity index is 951. The molecular weight excluding hydrogens is 366 g/mol. The van der Waals surface area contributed by atoms with Crippen LogP contribution in [0.2, 0.25) is 0 Å². The number of hydrogen-bond donors (Lipinski definition) is 1. The van der Waals surface area contributed by atoms with Gasteiger partial charge in [-0.2, -0.15) is 5.10 Å². The van der Waals surface area contributed by atoms with E-state index >= 15 is 0 Å². The van der Waals surface area contributed by atoms with Crippen molar-refractivity contribution in [3.8, 4) is 17.3 Å². The van der Waals surface area contributed by atoms with Gasteiger partial charge in [-0.1, -0.05) is 30.3 Å². The summed E-state index contributed by atoms with van der Waals surface area (Å²) >= 11 is 0. The minimum absolute atomic E-state index is 0.0181. The number of aromatic nitrogens is 2. The molecule has 0 fully saturated rings. The second-order valence-corrected chi connectivity index (χ2v) is 6.88. The van der Waals surface area contributed by atoms with Crippen LogP contribution in [0.25, 0.3) is 5.69 Å². The minimum Gasteiger partial charge on any atom is -0.439 e. The summed E-state index contributed by atoms with van der Waals surface area (Å²) in [6.45, 7) is 4.99. The molecule has 0 aliphatic carbocycles. The van der Waals surface area contributed by atoms with E-state index in [0.29, 0.717) is 31.9 Å². The zero-order valence-electron chi connectivity index (χ0n) is 17.1. The van der Waals surface area contributed by atoms with Crippen LogP contribution < -0.4 is 10.1 Å². The Morgan fingerprint density at radius 3 is 2.62 bits per heavy atom. The molecule has 0 aliphatic rings. The highest BCUT2D eigenvalue weighted by atomic mass is 16.5. The van der Waals surface area contributed by atoms with E-state index in [-0.39, 0.29) is 5.91 Å². The largest absolute Gasteiger partial charge is 0.439 e. The summed E-state index contributed by atoms with van der Waals surface area (Å²) in [6, 6.07) is 17.7. The number of benzene rings is 2. The summed E-state index contributed by atoms with van der Waals surface area (Å²) in [5, 5.41) is 7.57. The SMILES string of the molecule is COCCNC(=O)CCc1c(C)nn(-c2cccc(C)c2)c1Oc1ccccc1. The van der Waals surface area contributed by atoms with Gasteiger partial charge in [0.05, 0.1) is 18.0 Å². The molecule has 0 aliphatic heterocycles. The molecule has 29 heavy (non-hydrogen) atoms. The summed E-state index contributed by atoms with van der Waals surface area (Å²) < 4.78 is 13.0. The summed E-state index contributed by atoms with van der Waals surface area (Å²) in [6.07, 6.45) is 0.897. The molecule has 2 aromatic carbocycles. The Morgan fingerprint density at radius 1 is 1.10 bits per heavy atom. The molecule has 0 atom stereocenters. The van der Waals surface area contributed by atoms with E-state index in [4.69, 9.17) is 14.6 Å². The number of nitrogens with zero attached hydrogens (tertiary/aromatic N) is 2. The van der Waals surface area contributed by atoms with Gasteiger partial charge in [-0.05, 0) is 50.1 Å². The van der Waals surface area contributed by atoms with Gasteiger partial charge in [0.2, 0.25) is 11.8 Å². The van der Waals surface area contributed by atoms with Gasteiger partial charge >= 0.3 is 0 Å². The van der Waals surface area contributed by atoms with Gasteiger partial charge in [-0.25, -0.2) is 4.68 Å². The number of para-hydroxylation sites is 1. The third-order valence-corrected chi connectivity index (χ3v) is 4.57. The van der Waals surface area contributed by atoms with E-state index in [9.17, 15) is 4.79 Å². The van der Waals surface area contributed by atoms with Crippen molar-refractivity contribution in [3.63, 3.8) is 0 Å². The Kier molecular flexibility index (Phi) is 7.03. The molecule has 0 radical (unpaired) electrons. The van der Waals surface area contributed by atoms with E-state index in [1.807, 2.05) is 67.1 Å². The summed E-state index contributed by atoms with van der Waals surface area (Å²) in [7, 11) is 1.61. The number of carbonyl (C=O) groups is 1. The minimum atomic E-state index is -0.0181. The fraction of sp³-hybridized carbons (Fsp3) is 0.304. The number of amides is 1. The molecule has 1 aromatic heterocycles. The number of rotatable bonds is 9. The summed E-state index contributed by atoms with van der Waals surface area (Å²) in [4.78, 5) is 12.2. The van der Waals surface area contributed by atoms with Gasteiger partial charge in [-0.15, -0.1) is 0 Å². The zero-order valence-corrected chi connectivity index (χ0v) is 17.1.